The maximum absolute atomic E-state index is 12.5. The van der Waals surface area contributed by atoms with Crippen LogP contribution in [0, 0.1) is 11.8 Å². The minimum atomic E-state index is -0.561. The van der Waals surface area contributed by atoms with Gasteiger partial charge in [-0.2, -0.15) is 0 Å². The fourth-order valence-electron chi connectivity index (χ4n) is 3.26. The number of carbonyl (C=O) groups is 3. The Balaban J connectivity index is 2.38. The van der Waals surface area contributed by atoms with Crippen molar-refractivity contribution < 1.29 is 23.9 Å². The van der Waals surface area contributed by atoms with Crippen molar-refractivity contribution in [1.29, 1.82) is 0 Å². The van der Waals surface area contributed by atoms with Gasteiger partial charge in [-0.05, 0) is 58.8 Å². The van der Waals surface area contributed by atoms with Gasteiger partial charge in [0.2, 0.25) is 5.91 Å². The highest BCUT2D eigenvalue weighted by molar-refractivity contribution is 5.85. The molecule has 0 aromatic heterocycles. The molecule has 0 bridgehead atoms. The van der Waals surface area contributed by atoms with E-state index in [4.69, 9.17) is 9.47 Å². The van der Waals surface area contributed by atoms with Gasteiger partial charge in [-0.25, -0.2) is 9.59 Å². The molecular weight excluding hydrogens is 348 g/mol. The standard InChI is InChI=1S/C20H36N2O5/c1-6-7-8-16(18(24)26-5)22-17(23)15-11-9-14(10-12-15)13-21-19(25)27-20(2,3)4/h14-16H,6-13H2,1-5H3,(H,21,25)(H,22,23)/t14?,15?,16-/m0/s1. The third-order valence-electron chi connectivity index (χ3n) is 4.80. The number of esters is 1. The zero-order valence-corrected chi connectivity index (χ0v) is 17.4. The van der Waals surface area contributed by atoms with Crippen LogP contribution in [-0.4, -0.2) is 43.3 Å². The fourth-order valence-corrected chi connectivity index (χ4v) is 3.26. The van der Waals surface area contributed by atoms with E-state index in [1.54, 1.807) is 0 Å². The molecule has 1 rings (SSSR count). The molecule has 0 aliphatic heterocycles. The van der Waals surface area contributed by atoms with Gasteiger partial charge in [-0.3, -0.25) is 4.79 Å². The summed E-state index contributed by atoms with van der Waals surface area (Å²) in [5.74, 6) is -0.193. The van der Waals surface area contributed by atoms with E-state index in [9.17, 15) is 14.4 Å². The van der Waals surface area contributed by atoms with Gasteiger partial charge >= 0.3 is 12.1 Å². The Hall–Kier alpha value is -1.79. The van der Waals surface area contributed by atoms with Crippen molar-refractivity contribution >= 4 is 18.0 Å². The summed E-state index contributed by atoms with van der Waals surface area (Å²) in [6.07, 6.45) is 5.27. The third kappa shape index (κ3) is 9.11. The lowest BCUT2D eigenvalue weighted by Crippen LogP contribution is -2.45. The summed E-state index contributed by atoms with van der Waals surface area (Å²) in [6.45, 7) is 8.10. The van der Waals surface area contributed by atoms with E-state index in [1.807, 2.05) is 27.7 Å². The van der Waals surface area contributed by atoms with Crippen LogP contribution in [0.5, 0.6) is 0 Å². The molecule has 0 aromatic rings. The van der Waals surface area contributed by atoms with E-state index in [0.717, 1.165) is 38.5 Å². The quantitative estimate of drug-likeness (QED) is 0.627. The second-order valence-electron chi connectivity index (χ2n) is 8.33. The Morgan fingerprint density at radius 1 is 1.11 bits per heavy atom. The van der Waals surface area contributed by atoms with Gasteiger partial charge in [0.25, 0.3) is 0 Å². The van der Waals surface area contributed by atoms with E-state index in [1.165, 1.54) is 7.11 Å². The van der Waals surface area contributed by atoms with E-state index in [2.05, 4.69) is 10.6 Å². The molecule has 1 fully saturated rings. The Labute approximate surface area is 162 Å². The zero-order chi connectivity index (χ0) is 20.4. The van der Waals surface area contributed by atoms with Crippen LogP contribution in [0.25, 0.3) is 0 Å². The van der Waals surface area contributed by atoms with Gasteiger partial charge in [0, 0.05) is 12.5 Å². The van der Waals surface area contributed by atoms with Gasteiger partial charge in [-0.1, -0.05) is 19.8 Å². The highest BCUT2D eigenvalue weighted by atomic mass is 16.6. The average molecular weight is 385 g/mol. The van der Waals surface area contributed by atoms with E-state index in [-0.39, 0.29) is 17.8 Å². The Morgan fingerprint density at radius 2 is 1.74 bits per heavy atom. The number of rotatable bonds is 8. The smallest absolute Gasteiger partial charge is 0.407 e. The van der Waals surface area contributed by atoms with Crippen LogP contribution in [0.3, 0.4) is 0 Å². The van der Waals surface area contributed by atoms with Gasteiger partial charge < -0.3 is 20.1 Å². The monoisotopic (exact) mass is 384 g/mol. The predicted octanol–water partition coefficient (Wildman–Crippen LogP) is 3.17. The van der Waals surface area contributed by atoms with Crippen molar-refractivity contribution in [3.63, 3.8) is 0 Å². The first kappa shape index (κ1) is 23.2. The van der Waals surface area contributed by atoms with Crippen molar-refractivity contribution in [2.45, 2.75) is 84.3 Å². The van der Waals surface area contributed by atoms with Crippen molar-refractivity contribution in [3.05, 3.63) is 0 Å². The number of carbonyl (C=O) groups excluding carboxylic acids is 3. The molecule has 2 N–H and O–H groups in total. The first-order chi connectivity index (χ1) is 12.7. The lowest BCUT2D eigenvalue weighted by molar-refractivity contribution is -0.146. The number of methoxy groups -OCH3 is 1. The van der Waals surface area contributed by atoms with Gasteiger partial charge in [0.1, 0.15) is 11.6 Å². The SMILES string of the molecule is CCCC[C@H](NC(=O)C1CCC(CNC(=O)OC(C)(C)C)CC1)C(=O)OC. The van der Waals surface area contributed by atoms with Crippen LogP contribution in [0.4, 0.5) is 4.79 Å². The molecule has 0 heterocycles. The van der Waals surface area contributed by atoms with Crippen LogP contribution < -0.4 is 10.6 Å². The van der Waals surface area contributed by atoms with Crippen LogP contribution in [0.15, 0.2) is 0 Å². The fraction of sp³-hybridized carbons (Fsp3) is 0.850. The highest BCUT2D eigenvalue weighted by Crippen LogP contribution is 2.28. The number of hydrogen-bond acceptors (Lipinski definition) is 5. The molecule has 0 saturated heterocycles. The van der Waals surface area contributed by atoms with Crippen molar-refractivity contribution in [2.75, 3.05) is 13.7 Å². The number of unbranched alkanes of at least 4 members (excludes halogenated alkanes) is 1. The molecule has 1 saturated carbocycles. The second kappa shape index (κ2) is 11.1. The zero-order valence-electron chi connectivity index (χ0n) is 17.4. The summed E-state index contributed by atoms with van der Waals surface area (Å²) < 4.78 is 10.0. The lowest BCUT2D eigenvalue weighted by atomic mass is 9.81. The normalized spacial score (nSPS) is 21.1. The molecule has 1 atom stereocenters. The number of ether oxygens (including phenoxy) is 2. The predicted molar refractivity (Wildman–Crippen MR) is 103 cm³/mol. The Bertz CT molecular complexity index is 493. The number of hydrogen-bond donors (Lipinski definition) is 2. The van der Waals surface area contributed by atoms with Crippen molar-refractivity contribution in [3.8, 4) is 0 Å². The first-order valence-electron chi connectivity index (χ1n) is 10.0. The summed E-state index contributed by atoms with van der Waals surface area (Å²) in [4.78, 5) is 36.1. The average Bonchev–Trinajstić information content (AvgIpc) is 2.61. The number of alkyl carbamates (subject to hydrolysis) is 1. The van der Waals surface area contributed by atoms with Gasteiger partial charge in [-0.15, -0.1) is 0 Å². The van der Waals surface area contributed by atoms with Crippen LogP contribution in [0.1, 0.15) is 72.6 Å². The topological polar surface area (TPSA) is 93.7 Å². The lowest BCUT2D eigenvalue weighted by Gasteiger charge is -2.29. The van der Waals surface area contributed by atoms with Crippen molar-refractivity contribution in [1.82, 2.24) is 10.6 Å². The number of amides is 2. The van der Waals surface area contributed by atoms with E-state index < -0.39 is 17.7 Å². The highest BCUT2D eigenvalue weighted by Gasteiger charge is 2.30. The Kier molecular flexibility index (Phi) is 9.60. The molecule has 1 aliphatic rings. The van der Waals surface area contributed by atoms with Crippen LogP contribution in [-0.2, 0) is 19.1 Å². The molecule has 27 heavy (non-hydrogen) atoms. The van der Waals surface area contributed by atoms with Crippen LogP contribution in [0.2, 0.25) is 0 Å². The summed E-state index contributed by atoms with van der Waals surface area (Å²) in [5, 5.41) is 5.67. The molecule has 2 amide bonds. The summed E-state index contributed by atoms with van der Waals surface area (Å²) in [5.41, 5.74) is -0.506. The summed E-state index contributed by atoms with van der Waals surface area (Å²) in [6, 6.07) is -0.561. The minimum absolute atomic E-state index is 0.0694. The molecule has 1 aliphatic carbocycles. The molecule has 0 aromatic carbocycles. The maximum Gasteiger partial charge on any atom is 0.407 e. The summed E-state index contributed by atoms with van der Waals surface area (Å²) >= 11 is 0. The molecule has 0 unspecified atom stereocenters. The first-order valence-corrected chi connectivity index (χ1v) is 10.0. The van der Waals surface area contributed by atoms with Gasteiger partial charge in [0.05, 0.1) is 7.11 Å². The molecular formula is C20H36N2O5. The second-order valence-corrected chi connectivity index (χ2v) is 8.33. The molecule has 7 nitrogen and oxygen atoms in total. The van der Waals surface area contributed by atoms with Gasteiger partial charge in [0.15, 0.2) is 0 Å². The van der Waals surface area contributed by atoms with Crippen molar-refractivity contribution in [2.24, 2.45) is 11.8 Å². The molecule has 7 heteroatoms. The Morgan fingerprint density at radius 3 is 2.26 bits per heavy atom. The largest absolute Gasteiger partial charge is 0.467 e. The molecule has 0 radical (unpaired) electrons. The molecule has 156 valence electrons. The molecule has 0 spiro atoms. The number of nitrogens with one attached hydrogen (secondary N) is 2. The third-order valence-corrected chi connectivity index (χ3v) is 4.80. The summed E-state index contributed by atoms with van der Waals surface area (Å²) in [7, 11) is 1.34. The van der Waals surface area contributed by atoms with E-state index in [0.29, 0.717) is 18.9 Å². The van der Waals surface area contributed by atoms with E-state index >= 15 is 0 Å². The maximum atomic E-state index is 12.5. The minimum Gasteiger partial charge on any atom is -0.467 e. The van der Waals surface area contributed by atoms with Crippen LogP contribution >= 0.6 is 0 Å².